The summed E-state index contributed by atoms with van der Waals surface area (Å²) in [5.74, 6) is 1.13. The first-order valence-corrected chi connectivity index (χ1v) is 7.20. The van der Waals surface area contributed by atoms with Gasteiger partial charge >= 0.3 is 0 Å². The van der Waals surface area contributed by atoms with Crippen LogP contribution < -0.4 is 0 Å². The minimum absolute atomic E-state index is 0.531. The Hall–Kier alpha value is -1.87. The summed E-state index contributed by atoms with van der Waals surface area (Å²) in [7, 11) is 0. The van der Waals surface area contributed by atoms with Crippen LogP contribution in [0.5, 0.6) is 0 Å². The maximum Gasteiger partial charge on any atom is 0.129 e. The number of aromatic nitrogens is 3. The van der Waals surface area contributed by atoms with Crippen LogP contribution in [0.4, 0.5) is 0 Å². The van der Waals surface area contributed by atoms with E-state index in [9.17, 15) is 0 Å². The zero-order chi connectivity index (χ0) is 13.9. The topological polar surface area (TPSA) is 30.7 Å². The van der Waals surface area contributed by atoms with E-state index in [1.807, 2.05) is 18.2 Å². The third-order valence-electron chi connectivity index (χ3n) is 3.34. The van der Waals surface area contributed by atoms with E-state index in [4.69, 9.17) is 16.6 Å². The number of fused-ring (bicyclic) bond motifs is 1. The molecular formula is C16H16ClN3. The van der Waals surface area contributed by atoms with E-state index in [-0.39, 0.29) is 0 Å². The Morgan fingerprint density at radius 3 is 2.85 bits per heavy atom. The number of rotatable bonds is 4. The number of pyridine rings is 1. The predicted octanol–water partition coefficient (Wildman–Crippen LogP) is 4.09. The van der Waals surface area contributed by atoms with Gasteiger partial charge in [0, 0.05) is 19.2 Å². The summed E-state index contributed by atoms with van der Waals surface area (Å²) in [6, 6.07) is 12.2. The van der Waals surface area contributed by atoms with Crippen LogP contribution in [0.3, 0.4) is 0 Å². The van der Waals surface area contributed by atoms with Gasteiger partial charge in [-0.05, 0) is 36.2 Å². The molecule has 0 N–H and O–H groups in total. The van der Waals surface area contributed by atoms with Gasteiger partial charge in [-0.2, -0.15) is 0 Å². The van der Waals surface area contributed by atoms with Gasteiger partial charge in [-0.15, -0.1) is 0 Å². The van der Waals surface area contributed by atoms with Gasteiger partial charge in [0.05, 0.1) is 11.0 Å². The standard InChI is InChI=1S/C16H16ClN3/c1-2-5-16-19-13-6-3-4-7-14(13)20(16)11-12-8-9-18-15(17)10-12/h3-4,6-10H,2,5,11H2,1H3. The van der Waals surface area contributed by atoms with Crippen LogP contribution in [0, 0.1) is 0 Å². The van der Waals surface area contributed by atoms with Gasteiger partial charge in [-0.3, -0.25) is 0 Å². The van der Waals surface area contributed by atoms with Crippen LogP contribution in [0.1, 0.15) is 24.7 Å². The summed E-state index contributed by atoms with van der Waals surface area (Å²) in [4.78, 5) is 8.77. The van der Waals surface area contributed by atoms with E-state index in [1.54, 1.807) is 6.20 Å². The van der Waals surface area contributed by atoms with E-state index in [2.05, 4.69) is 34.7 Å². The van der Waals surface area contributed by atoms with E-state index >= 15 is 0 Å². The molecule has 0 bridgehead atoms. The highest BCUT2D eigenvalue weighted by Gasteiger charge is 2.10. The van der Waals surface area contributed by atoms with Crippen molar-refractivity contribution >= 4 is 22.6 Å². The highest BCUT2D eigenvalue weighted by Crippen LogP contribution is 2.19. The molecule has 2 heterocycles. The van der Waals surface area contributed by atoms with Gasteiger partial charge in [0.25, 0.3) is 0 Å². The van der Waals surface area contributed by atoms with Crippen molar-refractivity contribution in [2.45, 2.75) is 26.3 Å². The summed E-state index contributed by atoms with van der Waals surface area (Å²) in [6.07, 6.45) is 3.81. The third-order valence-corrected chi connectivity index (χ3v) is 3.55. The van der Waals surface area contributed by atoms with E-state index < -0.39 is 0 Å². The molecule has 0 amide bonds. The molecule has 0 fully saturated rings. The summed E-state index contributed by atoms with van der Waals surface area (Å²) in [5, 5.41) is 0.531. The maximum absolute atomic E-state index is 5.97. The fourth-order valence-corrected chi connectivity index (χ4v) is 2.64. The number of imidazole rings is 1. The van der Waals surface area contributed by atoms with Gasteiger partial charge in [-0.1, -0.05) is 30.7 Å². The third kappa shape index (κ3) is 2.54. The number of hydrogen-bond donors (Lipinski definition) is 0. The van der Waals surface area contributed by atoms with Gasteiger partial charge < -0.3 is 4.57 Å². The van der Waals surface area contributed by atoms with Crippen molar-refractivity contribution in [3.8, 4) is 0 Å². The molecule has 4 heteroatoms. The largest absolute Gasteiger partial charge is 0.323 e. The molecule has 0 unspecified atom stereocenters. The predicted molar refractivity (Wildman–Crippen MR) is 82.1 cm³/mol. The number of para-hydroxylation sites is 2. The number of nitrogens with zero attached hydrogens (tertiary/aromatic N) is 3. The molecule has 1 aromatic carbocycles. The number of halogens is 1. The Balaban J connectivity index is 2.06. The van der Waals surface area contributed by atoms with Crippen molar-refractivity contribution in [1.82, 2.24) is 14.5 Å². The molecule has 0 spiro atoms. The molecule has 3 nitrogen and oxygen atoms in total. The van der Waals surface area contributed by atoms with Crippen molar-refractivity contribution in [3.63, 3.8) is 0 Å². The Kier molecular flexibility index (Phi) is 3.70. The molecule has 0 aliphatic rings. The molecule has 102 valence electrons. The molecular weight excluding hydrogens is 270 g/mol. The van der Waals surface area contributed by atoms with E-state index in [1.165, 1.54) is 5.52 Å². The average molecular weight is 286 g/mol. The Bertz CT molecular complexity index is 733. The minimum atomic E-state index is 0.531. The zero-order valence-electron chi connectivity index (χ0n) is 11.4. The molecule has 0 atom stereocenters. The highest BCUT2D eigenvalue weighted by molar-refractivity contribution is 6.29. The molecule has 0 saturated carbocycles. The van der Waals surface area contributed by atoms with Gasteiger partial charge in [0.1, 0.15) is 11.0 Å². The van der Waals surface area contributed by atoms with Crippen LogP contribution in [-0.2, 0) is 13.0 Å². The Morgan fingerprint density at radius 2 is 2.05 bits per heavy atom. The second-order valence-electron chi connectivity index (χ2n) is 4.84. The lowest BCUT2D eigenvalue weighted by Crippen LogP contribution is -2.05. The van der Waals surface area contributed by atoms with Crippen LogP contribution in [0.15, 0.2) is 42.6 Å². The SMILES string of the molecule is CCCc1nc2ccccc2n1Cc1ccnc(Cl)c1. The van der Waals surface area contributed by atoms with E-state index in [0.29, 0.717) is 5.15 Å². The quantitative estimate of drug-likeness (QED) is 0.676. The van der Waals surface area contributed by atoms with Crippen molar-refractivity contribution < 1.29 is 0 Å². The lowest BCUT2D eigenvalue weighted by Gasteiger charge is -2.09. The smallest absolute Gasteiger partial charge is 0.129 e. The average Bonchev–Trinajstić information content (AvgIpc) is 2.78. The monoisotopic (exact) mass is 285 g/mol. The van der Waals surface area contributed by atoms with E-state index in [0.717, 1.165) is 36.3 Å². The summed E-state index contributed by atoms with van der Waals surface area (Å²) >= 11 is 5.97. The maximum atomic E-state index is 5.97. The lowest BCUT2D eigenvalue weighted by molar-refractivity contribution is 0.721. The molecule has 3 aromatic rings. The first-order valence-electron chi connectivity index (χ1n) is 6.82. The van der Waals surface area contributed by atoms with Crippen molar-refractivity contribution in [2.24, 2.45) is 0 Å². The number of benzene rings is 1. The fraction of sp³-hybridized carbons (Fsp3) is 0.250. The first kappa shape index (κ1) is 13.1. The van der Waals surface area contributed by atoms with Crippen molar-refractivity contribution in [2.75, 3.05) is 0 Å². The molecule has 3 rings (SSSR count). The van der Waals surface area contributed by atoms with Crippen molar-refractivity contribution in [1.29, 1.82) is 0 Å². The minimum Gasteiger partial charge on any atom is -0.323 e. The summed E-state index contributed by atoms with van der Waals surface area (Å²) < 4.78 is 2.27. The van der Waals surface area contributed by atoms with Crippen molar-refractivity contribution in [3.05, 3.63) is 59.1 Å². The number of aryl methyl sites for hydroxylation is 1. The second kappa shape index (κ2) is 5.63. The molecule has 2 aromatic heterocycles. The van der Waals surface area contributed by atoms with Crippen LogP contribution in [-0.4, -0.2) is 14.5 Å². The van der Waals surface area contributed by atoms with Crippen LogP contribution in [0.2, 0.25) is 5.15 Å². The Labute approximate surface area is 123 Å². The molecule has 0 aliphatic heterocycles. The Morgan fingerprint density at radius 1 is 1.20 bits per heavy atom. The summed E-state index contributed by atoms with van der Waals surface area (Å²) in [6.45, 7) is 2.95. The highest BCUT2D eigenvalue weighted by atomic mass is 35.5. The van der Waals surface area contributed by atoms with Crippen LogP contribution in [0.25, 0.3) is 11.0 Å². The zero-order valence-corrected chi connectivity index (χ0v) is 12.1. The summed E-state index contributed by atoms with van der Waals surface area (Å²) in [5.41, 5.74) is 3.37. The molecule has 0 radical (unpaired) electrons. The number of hydrogen-bond acceptors (Lipinski definition) is 2. The van der Waals surface area contributed by atoms with Gasteiger partial charge in [0.2, 0.25) is 0 Å². The lowest BCUT2D eigenvalue weighted by atomic mass is 10.2. The fourth-order valence-electron chi connectivity index (χ4n) is 2.44. The molecule has 0 aliphatic carbocycles. The molecule has 20 heavy (non-hydrogen) atoms. The first-order chi connectivity index (χ1) is 9.78. The normalized spacial score (nSPS) is 11.1. The van der Waals surface area contributed by atoms with Crippen LogP contribution >= 0.6 is 11.6 Å². The molecule has 0 saturated heterocycles. The van der Waals surface area contributed by atoms with Gasteiger partial charge in [-0.25, -0.2) is 9.97 Å². The van der Waals surface area contributed by atoms with Gasteiger partial charge in [0.15, 0.2) is 0 Å². The second-order valence-corrected chi connectivity index (χ2v) is 5.23.